The van der Waals surface area contributed by atoms with E-state index in [2.05, 4.69) is 25.1 Å². The fourth-order valence-corrected chi connectivity index (χ4v) is 1.46. The van der Waals surface area contributed by atoms with Crippen LogP contribution in [0.25, 0.3) is 0 Å². The van der Waals surface area contributed by atoms with Crippen molar-refractivity contribution >= 4 is 26.0 Å². The number of hydrogen-bond acceptors (Lipinski definition) is 4. The van der Waals surface area contributed by atoms with Crippen LogP contribution in [0.1, 0.15) is 0 Å². The molecule has 0 aliphatic rings. The molecule has 66 valence electrons. The normalized spacial score (nSPS) is 11.2. The van der Waals surface area contributed by atoms with E-state index in [4.69, 9.17) is 0 Å². The van der Waals surface area contributed by atoms with Gasteiger partial charge in [0, 0.05) is 6.20 Å². The van der Waals surface area contributed by atoms with Crippen molar-refractivity contribution in [3.63, 3.8) is 0 Å². The first-order valence-electron chi connectivity index (χ1n) is 2.98. The molecule has 0 fully saturated rings. The summed E-state index contributed by atoms with van der Waals surface area (Å²) >= 11 is 3.12. The Hall–Kier alpha value is -0.620. The third-order valence-corrected chi connectivity index (χ3v) is 2.11. The van der Waals surface area contributed by atoms with Crippen LogP contribution in [-0.2, 0) is 10.1 Å². The molecule has 0 bridgehead atoms. The average molecular weight is 252 g/mol. The lowest BCUT2D eigenvalue weighted by Gasteiger charge is -2.02. The molecule has 0 radical (unpaired) electrons. The van der Waals surface area contributed by atoms with Gasteiger partial charge in [-0.05, 0) is 22.0 Å². The van der Waals surface area contributed by atoms with E-state index in [0.29, 0.717) is 4.47 Å². The van der Waals surface area contributed by atoms with Crippen LogP contribution < -0.4 is 4.18 Å². The highest BCUT2D eigenvalue weighted by molar-refractivity contribution is 9.10. The van der Waals surface area contributed by atoms with Crippen LogP contribution in [0.15, 0.2) is 22.9 Å². The minimum absolute atomic E-state index is 0.194. The fourth-order valence-electron chi connectivity index (χ4n) is 0.587. The monoisotopic (exact) mass is 251 g/mol. The minimum atomic E-state index is -3.47. The van der Waals surface area contributed by atoms with Gasteiger partial charge in [-0.2, -0.15) is 8.42 Å². The summed E-state index contributed by atoms with van der Waals surface area (Å²) in [6.07, 6.45) is 3.83. The van der Waals surface area contributed by atoms with Crippen LogP contribution >= 0.6 is 15.9 Å². The number of hydrogen-bond donors (Lipinski definition) is 0. The molecule has 1 heterocycles. The summed E-state index contributed by atoms with van der Waals surface area (Å²) in [6.45, 7) is 0. The smallest absolute Gasteiger partial charge is 0.306 e. The van der Waals surface area contributed by atoms with E-state index in [1.807, 2.05) is 0 Å². The van der Waals surface area contributed by atoms with Gasteiger partial charge in [-0.15, -0.1) is 0 Å². The van der Waals surface area contributed by atoms with E-state index in [9.17, 15) is 8.42 Å². The van der Waals surface area contributed by atoms with Gasteiger partial charge in [0.25, 0.3) is 0 Å². The maximum absolute atomic E-state index is 10.7. The van der Waals surface area contributed by atoms with Crippen LogP contribution in [0.2, 0.25) is 0 Å². The summed E-state index contributed by atoms with van der Waals surface area (Å²) in [7, 11) is -3.47. The van der Waals surface area contributed by atoms with E-state index in [1.165, 1.54) is 12.4 Å². The van der Waals surface area contributed by atoms with Crippen LogP contribution in [0.5, 0.6) is 5.75 Å². The van der Waals surface area contributed by atoms with Crippen molar-refractivity contribution in [3.8, 4) is 5.75 Å². The third kappa shape index (κ3) is 2.78. The van der Waals surface area contributed by atoms with Crippen molar-refractivity contribution in [2.24, 2.45) is 0 Å². The molecule has 0 N–H and O–H groups in total. The van der Waals surface area contributed by atoms with Crippen molar-refractivity contribution in [3.05, 3.63) is 22.9 Å². The molecule has 0 aromatic carbocycles. The second-order valence-corrected chi connectivity index (χ2v) is 4.52. The van der Waals surface area contributed by atoms with Gasteiger partial charge < -0.3 is 4.18 Å². The van der Waals surface area contributed by atoms with Crippen molar-refractivity contribution in [1.82, 2.24) is 4.98 Å². The van der Waals surface area contributed by atoms with Gasteiger partial charge >= 0.3 is 10.1 Å². The van der Waals surface area contributed by atoms with Gasteiger partial charge in [0.15, 0.2) is 5.75 Å². The van der Waals surface area contributed by atoms with Gasteiger partial charge in [0.05, 0.1) is 16.9 Å². The van der Waals surface area contributed by atoms with Crippen molar-refractivity contribution < 1.29 is 12.6 Å². The van der Waals surface area contributed by atoms with Crippen LogP contribution in [0.4, 0.5) is 0 Å². The minimum Gasteiger partial charge on any atom is -0.380 e. The SMILES string of the molecule is CS(=O)(=O)Oc1cnccc1Br. The maximum atomic E-state index is 10.7. The Morgan fingerprint density at radius 2 is 2.25 bits per heavy atom. The highest BCUT2D eigenvalue weighted by Gasteiger charge is 2.07. The first kappa shape index (κ1) is 9.47. The van der Waals surface area contributed by atoms with E-state index in [-0.39, 0.29) is 5.75 Å². The van der Waals surface area contributed by atoms with Crippen LogP contribution in [0.3, 0.4) is 0 Å². The quantitative estimate of drug-likeness (QED) is 0.741. The molecule has 6 heteroatoms. The first-order chi connectivity index (χ1) is 5.49. The zero-order valence-electron chi connectivity index (χ0n) is 6.19. The second-order valence-electron chi connectivity index (χ2n) is 2.09. The third-order valence-electron chi connectivity index (χ3n) is 0.975. The standard InChI is InChI=1S/C6H6BrNO3S/c1-12(9,10)11-6-4-8-3-2-5(6)7/h2-4H,1H3. The number of pyridine rings is 1. The number of aromatic nitrogens is 1. The lowest BCUT2D eigenvalue weighted by atomic mass is 10.5. The summed E-state index contributed by atoms with van der Waals surface area (Å²) in [6, 6.07) is 1.60. The lowest BCUT2D eigenvalue weighted by molar-refractivity contribution is 0.490. The number of rotatable bonds is 2. The largest absolute Gasteiger partial charge is 0.380 e. The molecule has 12 heavy (non-hydrogen) atoms. The molecular formula is C6H6BrNO3S. The summed E-state index contributed by atoms with van der Waals surface area (Å²) in [5, 5.41) is 0. The number of halogens is 1. The maximum Gasteiger partial charge on any atom is 0.306 e. The molecule has 0 spiro atoms. The van der Waals surface area contributed by atoms with Crippen LogP contribution in [0, 0.1) is 0 Å². The highest BCUT2D eigenvalue weighted by Crippen LogP contribution is 2.23. The Morgan fingerprint density at radius 1 is 1.58 bits per heavy atom. The molecule has 1 aromatic rings. The van der Waals surface area contributed by atoms with Gasteiger partial charge in [-0.25, -0.2) is 0 Å². The Labute approximate surface area is 78.8 Å². The summed E-state index contributed by atoms with van der Waals surface area (Å²) in [5.74, 6) is 0.194. The number of nitrogens with zero attached hydrogens (tertiary/aromatic N) is 1. The van der Waals surface area contributed by atoms with Gasteiger partial charge in [-0.1, -0.05) is 0 Å². The predicted molar refractivity (Wildman–Crippen MR) is 47.4 cm³/mol. The summed E-state index contributed by atoms with van der Waals surface area (Å²) < 4.78 is 26.5. The molecule has 0 saturated heterocycles. The zero-order valence-corrected chi connectivity index (χ0v) is 8.59. The Bertz CT molecular complexity index is 376. The molecule has 1 aromatic heterocycles. The Balaban J connectivity index is 2.98. The van der Waals surface area contributed by atoms with E-state index in [0.717, 1.165) is 6.26 Å². The van der Waals surface area contributed by atoms with Gasteiger partial charge in [-0.3, -0.25) is 4.98 Å². The molecular weight excluding hydrogens is 246 g/mol. The van der Waals surface area contributed by atoms with Crippen molar-refractivity contribution in [1.29, 1.82) is 0 Å². The van der Waals surface area contributed by atoms with Crippen molar-refractivity contribution in [2.75, 3.05) is 6.26 Å². The van der Waals surface area contributed by atoms with Crippen molar-refractivity contribution in [2.45, 2.75) is 0 Å². The van der Waals surface area contributed by atoms with E-state index < -0.39 is 10.1 Å². The summed E-state index contributed by atoms with van der Waals surface area (Å²) in [5.41, 5.74) is 0. The average Bonchev–Trinajstić information content (AvgIpc) is 1.91. The predicted octanol–water partition coefficient (Wildman–Crippen LogP) is 1.18. The summed E-state index contributed by atoms with van der Waals surface area (Å²) in [4.78, 5) is 3.71. The van der Waals surface area contributed by atoms with Gasteiger partial charge in [0.1, 0.15) is 0 Å². The highest BCUT2D eigenvalue weighted by atomic mass is 79.9. The topological polar surface area (TPSA) is 56.3 Å². The molecule has 0 atom stereocenters. The molecule has 4 nitrogen and oxygen atoms in total. The van der Waals surface area contributed by atoms with E-state index >= 15 is 0 Å². The molecule has 0 aliphatic carbocycles. The second kappa shape index (κ2) is 3.40. The van der Waals surface area contributed by atoms with Crippen LogP contribution in [-0.4, -0.2) is 19.7 Å². The molecule has 0 unspecified atom stereocenters. The molecule has 0 saturated carbocycles. The molecule has 0 aliphatic heterocycles. The fraction of sp³-hybridized carbons (Fsp3) is 0.167. The molecule has 1 rings (SSSR count). The molecule has 0 amide bonds. The first-order valence-corrected chi connectivity index (χ1v) is 5.59. The Morgan fingerprint density at radius 3 is 2.75 bits per heavy atom. The zero-order chi connectivity index (χ0) is 9.19. The van der Waals surface area contributed by atoms with E-state index in [1.54, 1.807) is 6.07 Å². The van der Waals surface area contributed by atoms with Gasteiger partial charge in [0.2, 0.25) is 0 Å². The Kier molecular flexibility index (Phi) is 2.69. The lowest BCUT2D eigenvalue weighted by Crippen LogP contribution is -2.06.